The van der Waals surface area contributed by atoms with Crippen molar-refractivity contribution in [1.82, 2.24) is 9.55 Å². The van der Waals surface area contributed by atoms with Gasteiger partial charge in [-0.15, -0.1) is 0 Å². The maximum absolute atomic E-state index is 12.7. The van der Waals surface area contributed by atoms with Gasteiger partial charge in [0.1, 0.15) is 18.7 Å². The Bertz CT molecular complexity index is 1600. The Hall–Kier alpha value is -4.82. The Kier molecular flexibility index (Phi) is 29.2. The first kappa shape index (κ1) is 48.3. The molecule has 310 valence electrons. The van der Waals surface area contributed by atoms with Gasteiger partial charge in [0.2, 0.25) is 5.91 Å². The van der Waals surface area contributed by atoms with Gasteiger partial charge in [0, 0.05) is 19.0 Å². The second-order valence-corrected chi connectivity index (χ2v) is 13.7. The number of rotatable bonds is 30. The van der Waals surface area contributed by atoms with Gasteiger partial charge in [0.15, 0.2) is 0 Å². The number of amides is 1. The number of nitrogens with zero attached hydrogens (tertiary/aromatic N) is 2. The molecule has 1 N–H and O–H groups in total. The Morgan fingerprint density at radius 1 is 0.667 bits per heavy atom. The van der Waals surface area contributed by atoms with Crippen LogP contribution in [0.4, 0.5) is 5.82 Å². The van der Waals surface area contributed by atoms with Crippen molar-refractivity contribution < 1.29 is 19.1 Å². The number of allylic oxidation sites excluding steroid dienone is 20. The lowest BCUT2D eigenvalue weighted by atomic mass is 10.2. The number of aromatic nitrogens is 2. The van der Waals surface area contributed by atoms with Crippen molar-refractivity contribution >= 4 is 17.7 Å². The van der Waals surface area contributed by atoms with Gasteiger partial charge >= 0.3 is 11.7 Å². The smallest absolute Gasteiger partial charge is 0.351 e. The van der Waals surface area contributed by atoms with Gasteiger partial charge in [0.05, 0.1) is 6.10 Å². The van der Waals surface area contributed by atoms with Crippen molar-refractivity contribution in [3.8, 4) is 0 Å². The quantitative estimate of drug-likeness (QED) is 0.0474. The number of anilines is 1. The number of carbonyl (C=O) groups is 2. The maximum atomic E-state index is 12.7. The summed E-state index contributed by atoms with van der Waals surface area (Å²) in [6.07, 6.45) is 58.9. The Morgan fingerprint density at radius 2 is 1.11 bits per heavy atom. The first-order valence-electron chi connectivity index (χ1n) is 21.2. The van der Waals surface area contributed by atoms with Crippen molar-refractivity contribution in [3.05, 3.63) is 144 Å². The van der Waals surface area contributed by atoms with Crippen LogP contribution >= 0.6 is 0 Å². The molecule has 1 amide bonds. The number of esters is 1. The highest BCUT2D eigenvalue weighted by molar-refractivity contribution is 5.89. The molecule has 2 heterocycles. The number of hydrogen-bond acceptors (Lipinski definition) is 6. The van der Waals surface area contributed by atoms with Crippen molar-refractivity contribution in [2.45, 2.75) is 142 Å². The van der Waals surface area contributed by atoms with Crippen molar-refractivity contribution in [2.24, 2.45) is 0 Å². The summed E-state index contributed by atoms with van der Waals surface area (Å²) in [6, 6.07) is 1.61. The third kappa shape index (κ3) is 26.6. The van der Waals surface area contributed by atoms with Gasteiger partial charge in [0.25, 0.3) is 0 Å². The van der Waals surface area contributed by atoms with Crippen molar-refractivity contribution in [2.75, 3.05) is 11.9 Å². The van der Waals surface area contributed by atoms with Crippen LogP contribution in [0.5, 0.6) is 0 Å². The molecule has 0 saturated carbocycles. The molecule has 0 aromatic carbocycles. The van der Waals surface area contributed by atoms with Crippen molar-refractivity contribution in [3.63, 3.8) is 0 Å². The monoisotopic (exact) mass is 780 g/mol. The normalized spacial score (nSPS) is 16.7. The van der Waals surface area contributed by atoms with Crippen LogP contribution in [0, 0.1) is 0 Å². The van der Waals surface area contributed by atoms with Crippen LogP contribution in [-0.4, -0.2) is 34.1 Å². The SMILES string of the molecule is CCC=CCC=CCC=CCC=CC/C=C\CCCC(=O)OC[C@@H]1CC[C@@H](n2ccc(NC(=O)CCC/C=C\C/C=C\C/C=C\C/C=C\C/C=C\CC)nc2=O)O1. The van der Waals surface area contributed by atoms with E-state index in [9.17, 15) is 14.4 Å². The van der Waals surface area contributed by atoms with E-state index in [0.29, 0.717) is 32.1 Å². The fourth-order valence-electron chi connectivity index (χ4n) is 5.66. The van der Waals surface area contributed by atoms with Gasteiger partial charge < -0.3 is 14.8 Å². The second kappa shape index (κ2) is 34.4. The highest BCUT2D eigenvalue weighted by Crippen LogP contribution is 2.27. The van der Waals surface area contributed by atoms with Crippen molar-refractivity contribution in [1.29, 1.82) is 0 Å². The Morgan fingerprint density at radius 3 is 1.56 bits per heavy atom. The predicted molar refractivity (Wildman–Crippen MR) is 238 cm³/mol. The van der Waals surface area contributed by atoms with E-state index in [2.05, 4.69) is 146 Å². The number of carbonyl (C=O) groups excluding carboxylic acids is 2. The topological polar surface area (TPSA) is 99.5 Å². The minimum absolute atomic E-state index is 0.160. The third-order valence-electron chi connectivity index (χ3n) is 8.76. The number of unbranched alkanes of at least 4 members (excludes halogenated alkanes) is 2. The Balaban J connectivity index is 1.52. The molecular formula is C49H69N3O5. The largest absolute Gasteiger partial charge is 0.463 e. The first-order chi connectivity index (χ1) is 28.0. The summed E-state index contributed by atoms with van der Waals surface area (Å²) in [4.78, 5) is 41.5. The van der Waals surface area contributed by atoms with Gasteiger partial charge in [-0.3, -0.25) is 14.2 Å². The van der Waals surface area contributed by atoms with E-state index < -0.39 is 11.9 Å². The lowest BCUT2D eigenvalue weighted by Gasteiger charge is -2.16. The molecule has 57 heavy (non-hydrogen) atoms. The molecule has 0 unspecified atom stereocenters. The van der Waals surface area contributed by atoms with Crippen LogP contribution in [-0.2, 0) is 19.1 Å². The van der Waals surface area contributed by atoms with E-state index in [1.54, 1.807) is 12.3 Å². The molecular weight excluding hydrogens is 711 g/mol. The summed E-state index contributed by atoms with van der Waals surface area (Å²) < 4.78 is 12.9. The minimum atomic E-state index is -0.496. The number of hydrogen-bond donors (Lipinski definition) is 1. The predicted octanol–water partition coefficient (Wildman–Crippen LogP) is 12.2. The van der Waals surface area contributed by atoms with E-state index in [1.165, 1.54) is 4.57 Å². The van der Waals surface area contributed by atoms with Gasteiger partial charge in [-0.25, -0.2) is 4.79 Å². The third-order valence-corrected chi connectivity index (χ3v) is 8.76. The van der Waals surface area contributed by atoms with Crippen LogP contribution in [0.3, 0.4) is 0 Å². The molecule has 0 aliphatic carbocycles. The first-order valence-corrected chi connectivity index (χ1v) is 21.2. The standard InChI is InChI=1S/C49H69N3O5/c1-3-5-7-9-11-13-15-17-19-21-23-25-27-29-31-33-35-37-46(53)50-45-41-42-52(49(55)51-45)47-40-39-44(57-47)43-56-48(54)38-36-34-32-30-28-26-24-22-20-18-16-14-12-10-8-6-4-2/h5-8,11-14,17-20,23-26,29-32,41-42,44,47H,3-4,9-10,15-16,21-22,27-28,33-40,43H2,1-2H3,(H,50,51,53,55)/b7-5-,8-6?,13-11-,14-12?,19-17-,20-18?,25-23-,26-24?,31-29-,32-30-/t44-,47-/m0/s1. The van der Waals surface area contributed by atoms with Gasteiger partial charge in [-0.2, -0.15) is 4.98 Å². The van der Waals surface area contributed by atoms with Gasteiger partial charge in [-0.05, 0) is 109 Å². The summed E-state index contributed by atoms with van der Waals surface area (Å²) >= 11 is 0. The molecule has 2 atom stereocenters. The Labute approximate surface area is 343 Å². The summed E-state index contributed by atoms with van der Waals surface area (Å²) in [5.41, 5.74) is -0.496. The average molecular weight is 780 g/mol. The lowest BCUT2D eigenvalue weighted by Crippen LogP contribution is -2.29. The van der Waals surface area contributed by atoms with E-state index in [-0.39, 0.29) is 30.4 Å². The summed E-state index contributed by atoms with van der Waals surface area (Å²) in [5, 5.41) is 2.72. The van der Waals surface area contributed by atoms with Crippen LogP contribution in [0.25, 0.3) is 0 Å². The summed E-state index contributed by atoms with van der Waals surface area (Å²) in [7, 11) is 0. The summed E-state index contributed by atoms with van der Waals surface area (Å²) in [6.45, 7) is 4.45. The fourth-order valence-corrected chi connectivity index (χ4v) is 5.66. The zero-order chi connectivity index (χ0) is 40.9. The fraction of sp³-hybridized carbons (Fsp3) is 0.469. The molecule has 1 saturated heterocycles. The lowest BCUT2D eigenvalue weighted by molar-refractivity contribution is -0.148. The average Bonchev–Trinajstić information content (AvgIpc) is 3.68. The molecule has 1 aromatic rings. The maximum Gasteiger partial charge on any atom is 0.351 e. The second-order valence-electron chi connectivity index (χ2n) is 13.7. The van der Waals surface area contributed by atoms with Gasteiger partial charge in [-0.1, -0.05) is 135 Å². The van der Waals surface area contributed by atoms with Crippen LogP contribution < -0.4 is 11.0 Å². The zero-order valence-corrected chi connectivity index (χ0v) is 34.7. The molecule has 0 bridgehead atoms. The molecule has 0 radical (unpaired) electrons. The van der Waals surface area contributed by atoms with Crippen LogP contribution in [0.15, 0.2) is 139 Å². The molecule has 0 spiro atoms. The van der Waals surface area contributed by atoms with E-state index in [4.69, 9.17) is 9.47 Å². The summed E-state index contributed by atoms with van der Waals surface area (Å²) in [5.74, 6) is -0.195. The molecule has 8 nitrogen and oxygen atoms in total. The molecule has 1 fully saturated rings. The van der Waals surface area contributed by atoms with E-state index >= 15 is 0 Å². The highest BCUT2D eigenvalue weighted by atomic mass is 16.6. The minimum Gasteiger partial charge on any atom is -0.463 e. The molecule has 1 aliphatic rings. The molecule has 2 rings (SSSR count). The molecule has 1 aliphatic heterocycles. The van der Waals surface area contributed by atoms with E-state index in [1.807, 2.05) is 0 Å². The highest BCUT2D eigenvalue weighted by Gasteiger charge is 2.28. The molecule has 1 aromatic heterocycles. The van der Waals surface area contributed by atoms with E-state index in [0.717, 1.165) is 83.5 Å². The number of nitrogens with one attached hydrogen (secondary N) is 1. The zero-order valence-electron chi connectivity index (χ0n) is 34.7. The van der Waals surface area contributed by atoms with Crippen LogP contribution in [0.1, 0.15) is 136 Å². The number of ether oxygens (including phenoxy) is 2. The van der Waals surface area contributed by atoms with Crippen LogP contribution in [0.2, 0.25) is 0 Å². The molecule has 8 heteroatoms.